The van der Waals surface area contributed by atoms with Gasteiger partial charge in [-0.1, -0.05) is 41.9 Å². The predicted octanol–water partition coefficient (Wildman–Crippen LogP) is 3.79. The Balaban J connectivity index is 2.00. The second-order valence-corrected chi connectivity index (χ2v) is 5.03. The lowest BCUT2D eigenvalue weighted by Crippen LogP contribution is -2.02. The molecule has 0 amide bonds. The summed E-state index contributed by atoms with van der Waals surface area (Å²) in [4.78, 5) is 0. The average molecular weight is 290 g/mol. The number of hydrogen-bond acceptors (Lipinski definition) is 2. The number of anilines is 1. The molecule has 3 aromatic rings. The van der Waals surface area contributed by atoms with E-state index in [1.54, 1.807) is 22.9 Å². The average Bonchev–Trinajstić information content (AvgIpc) is 2.77. The quantitative estimate of drug-likeness (QED) is 0.797. The number of benzene rings is 2. The summed E-state index contributed by atoms with van der Waals surface area (Å²) in [6.07, 6.45) is 0. The van der Waals surface area contributed by atoms with Crippen LogP contribution in [0.1, 0.15) is 11.1 Å². The number of fused-ring (bicyclic) bond motifs is 1. The molecule has 2 N–H and O–H groups in total. The highest BCUT2D eigenvalue weighted by Crippen LogP contribution is 2.28. The standard InChI is InChI=1S/C15H13ClFN3/c16-12-2-1-3-13-14(12)15(18)19-20(13)9-11-6-4-10(8-17)5-7-11/h1-7H,8-9H2,(H2,18,19). The highest BCUT2D eigenvalue weighted by Gasteiger charge is 2.11. The Morgan fingerprint density at radius 3 is 2.50 bits per heavy atom. The van der Waals surface area contributed by atoms with Crippen LogP contribution in [0.5, 0.6) is 0 Å². The molecule has 0 saturated carbocycles. The van der Waals surface area contributed by atoms with E-state index in [-0.39, 0.29) is 0 Å². The molecule has 0 radical (unpaired) electrons. The highest BCUT2D eigenvalue weighted by atomic mass is 35.5. The Morgan fingerprint density at radius 2 is 1.80 bits per heavy atom. The second kappa shape index (κ2) is 5.13. The van der Waals surface area contributed by atoms with E-state index in [0.717, 1.165) is 16.5 Å². The van der Waals surface area contributed by atoms with E-state index in [1.165, 1.54) is 0 Å². The lowest BCUT2D eigenvalue weighted by Gasteiger charge is -2.04. The van der Waals surface area contributed by atoms with Crippen LogP contribution in [0.15, 0.2) is 42.5 Å². The number of nitrogens with zero attached hydrogens (tertiary/aromatic N) is 2. The summed E-state index contributed by atoms with van der Waals surface area (Å²) < 4.78 is 14.3. The molecule has 0 unspecified atom stereocenters. The van der Waals surface area contributed by atoms with Crippen molar-refractivity contribution < 1.29 is 4.39 Å². The maximum absolute atomic E-state index is 12.5. The van der Waals surface area contributed by atoms with E-state index in [4.69, 9.17) is 17.3 Å². The molecule has 0 bridgehead atoms. The van der Waals surface area contributed by atoms with Crippen molar-refractivity contribution in [2.24, 2.45) is 0 Å². The van der Waals surface area contributed by atoms with E-state index >= 15 is 0 Å². The molecular weight excluding hydrogens is 277 g/mol. The molecular formula is C15H13ClFN3. The van der Waals surface area contributed by atoms with Gasteiger partial charge in [-0.15, -0.1) is 0 Å². The monoisotopic (exact) mass is 289 g/mol. The van der Waals surface area contributed by atoms with Gasteiger partial charge in [-0.05, 0) is 23.3 Å². The molecule has 20 heavy (non-hydrogen) atoms. The van der Waals surface area contributed by atoms with E-state index in [1.807, 2.05) is 24.3 Å². The molecule has 0 atom stereocenters. The lowest BCUT2D eigenvalue weighted by molar-refractivity contribution is 0.485. The third-order valence-corrected chi connectivity index (χ3v) is 3.58. The minimum atomic E-state index is -0.451. The van der Waals surface area contributed by atoms with E-state index < -0.39 is 6.67 Å². The zero-order valence-electron chi connectivity index (χ0n) is 10.7. The maximum atomic E-state index is 12.5. The first-order chi connectivity index (χ1) is 9.69. The summed E-state index contributed by atoms with van der Waals surface area (Å²) >= 11 is 6.14. The van der Waals surface area contributed by atoms with Crippen molar-refractivity contribution in [2.45, 2.75) is 13.2 Å². The summed E-state index contributed by atoms with van der Waals surface area (Å²) in [6.45, 7) is 0.119. The SMILES string of the molecule is Nc1nn(Cc2ccc(CF)cc2)c2cccc(Cl)c12. The fraction of sp³-hybridized carbons (Fsp3) is 0.133. The first-order valence-corrected chi connectivity index (χ1v) is 6.61. The van der Waals surface area contributed by atoms with Gasteiger partial charge in [0.15, 0.2) is 5.82 Å². The molecule has 0 spiro atoms. The molecule has 102 valence electrons. The van der Waals surface area contributed by atoms with Crippen molar-refractivity contribution in [3.63, 3.8) is 0 Å². The number of nitrogen functional groups attached to an aromatic ring is 1. The Hall–Kier alpha value is -2.07. The molecule has 0 fully saturated rings. The Morgan fingerprint density at radius 1 is 1.10 bits per heavy atom. The van der Waals surface area contributed by atoms with Gasteiger partial charge in [0.2, 0.25) is 0 Å². The summed E-state index contributed by atoms with van der Waals surface area (Å²) in [6, 6.07) is 12.9. The van der Waals surface area contributed by atoms with Crippen LogP contribution >= 0.6 is 11.6 Å². The van der Waals surface area contributed by atoms with Gasteiger partial charge in [0, 0.05) is 0 Å². The Bertz CT molecular complexity index is 750. The molecule has 0 saturated heterocycles. The van der Waals surface area contributed by atoms with Crippen LogP contribution in [0, 0.1) is 0 Å². The van der Waals surface area contributed by atoms with Crippen molar-refractivity contribution in [3.05, 3.63) is 58.6 Å². The fourth-order valence-corrected chi connectivity index (χ4v) is 2.51. The molecule has 2 aromatic carbocycles. The lowest BCUT2D eigenvalue weighted by atomic mass is 10.1. The van der Waals surface area contributed by atoms with Gasteiger partial charge in [0.25, 0.3) is 0 Å². The van der Waals surface area contributed by atoms with Crippen LogP contribution in [0.3, 0.4) is 0 Å². The molecule has 1 aromatic heterocycles. The number of aromatic nitrogens is 2. The maximum Gasteiger partial charge on any atom is 0.154 e. The third-order valence-electron chi connectivity index (χ3n) is 3.26. The van der Waals surface area contributed by atoms with Crippen molar-refractivity contribution in [1.82, 2.24) is 9.78 Å². The molecule has 0 aliphatic carbocycles. The first kappa shape index (κ1) is 12.9. The van der Waals surface area contributed by atoms with E-state index in [2.05, 4.69) is 5.10 Å². The number of nitrogens with two attached hydrogens (primary N) is 1. The highest BCUT2D eigenvalue weighted by molar-refractivity contribution is 6.36. The number of rotatable bonds is 3. The van der Waals surface area contributed by atoms with Gasteiger partial charge in [-0.25, -0.2) is 4.39 Å². The Kier molecular flexibility index (Phi) is 3.32. The number of hydrogen-bond donors (Lipinski definition) is 1. The summed E-state index contributed by atoms with van der Waals surface area (Å²) in [5.41, 5.74) is 8.51. The van der Waals surface area contributed by atoms with Crippen molar-refractivity contribution in [1.29, 1.82) is 0 Å². The van der Waals surface area contributed by atoms with Gasteiger partial charge in [-0.2, -0.15) is 5.10 Å². The zero-order chi connectivity index (χ0) is 14.1. The molecule has 0 aliphatic rings. The van der Waals surface area contributed by atoms with E-state index in [0.29, 0.717) is 22.9 Å². The molecule has 0 aliphatic heterocycles. The van der Waals surface area contributed by atoms with Gasteiger partial charge in [0.05, 0.1) is 22.5 Å². The number of alkyl halides is 1. The Labute approximate surface area is 120 Å². The minimum Gasteiger partial charge on any atom is -0.382 e. The van der Waals surface area contributed by atoms with Crippen molar-refractivity contribution >= 4 is 28.3 Å². The van der Waals surface area contributed by atoms with Crippen LogP contribution in [0.25, 0.3) is 10.9 Å². The summed E-state index contributed by atoms with van der Waals surface area (Å²) in [7, 11) is 0. The van der Waals surface area contributed by atoms with Gasteiger partial charge in [0.1, 0.15) is 6.67 Å². The minimum absolute atomic E-state index is 0.422. The van der Waals surface area contributed by atoms with Crippen molar-refractivity contribution in [3.8, 4) is 0 Å². The third kappa shape index (κ3) is 2.23. The zero-order valence-corrected chi connectivity index (χ0v) is 11.4. The molecule has 3 rings (SSSR count). The molecule has 5 heteroatoms. The largest absolute Gasteiger partial charge is 0.382 e. The normalized spacial score (nSPS) is 11.1. The van der Waals surface area contributed by atoms with Gasteiger partial charge >= 0.3 is 0 Å². The second-order valence-electron chi connectivity index (χ2n) is 4.63. The van der Waals surface area contributed by atoms with Crippen LogP contribution < -0.4 is 5.73 Å². The first-order valence-electron chi connectivity index (χ1n) is 6.23. The smallest absolute Gasteiger partial charge is 0.154 e. The van der Waals surface area contributed by atoms with Crippen LogP contribution in [-0.4, -0.2) is 9.78 Å². The summed E-state index contributed by atoms with van der Waals surface area (Å²) in [5, 5.41) is 5.69. The van der Waals surface area contributed by atoms with E-state index in [9.17, 15) is 4.39 Å². The molecule has 3 nitrogen and oxygen atoms in total. The van der Waals surface area contributed by atoms with Crippen LogP contribution in [-0.2, 0) is 13.2 Å². The van der Waals surface area contributed by atoms with Crippen LogP contribution in [0.2, 0.25) is 5.02 Å². The van der Waals surface area contributed by atoms with Crippen LogP contribution in [0.4, 0.5) is 10.2 Å². The topological polar surface area (TPSA) is 43.8 Å². The molecule has 1 heterocycles. The predicted molar refractivity (Wildman–Crippen MR) is 79.5 cm³/mol. The van der Waals surface area contributed by atoms with Gasteiger partial charge in [-0.3, -0.25) is 4.68 Å². The summed E-state index contributed by atoms with van der Waals surface area (Å²) in [5.74, 6) is 0.422. The number of halogens is 2. The van der Waals surface area contributed by atoms with Crippen molar-refractivity contribution in [2.75, 3.05) is 5.73 Å². The fourth-order valence-electron chi connectivity index (χ4n) is 2.24. The van der Waals surface area contributed by atoms with Gasteiger partial charge < -0.3 is 5.73 Å².